The second-order valence-electron chi connectivity index (χ2n) is 3.09. The number of anilines is 1. The maximum absolute atomic E-state index is 11.4. The number of hydrogen-bond donors (Lipinski definition) is 1. The minimum Gasteiger partial charge on any atom is -0.462 e. The molecule has 0 amide bonds. The third kappa shape index (κ3) is 3.62. The summed E-state index contributed by atoms with van der Waals surface area (Å²) in [5.41, 5.74) is 3.25. The predicted molar refractivity (Wildman–Crippen MR) is 64.7 cm³/mol. The predicted octanol–water partition coefficient (Wildman–Crippen LogP) is 1.68. The number of hydrazone groups is 1. The molecule has 90 valence electrons. The Kier molecular flexibility index (Phi) is 4.89. The number of nitriles is 2. The molecule has 1 aromatic rings. The molecule has 6 nitrogen and oxygen atoms in total. The van der Waals surface area contributed by atoms with Gasteiger partial charge in [-0.15, -0.1) is 0 Å². The van der Waals surface area contributed by atoms with E-state index in [0.717, 1.165) is 0 Å². The third-order valence-electron chi connectivity index (χ3n) is 1.90. The van der Waals surface area contributed by atoms with Crippen LogP contribution in [0.2, 0.25) is 0 Å². The van der Waals surface area contributed by atoms with Crippen LogP contribution in [-0.4, -0.2) is 18.3 Å². The smallest absolute Gasteiger partial charge is 0.338 e. The highest BCUT2D eigenvalue weighted by molar-refractivity contribution is 6.10. The van der Waals surface area contributed by atoms with Gasteiger partial charge >= 0.3 is 5.97 Å². The Morgan fingerprint density at radius 1 is 1.33 bits per heavy atom. The number of ether oxygens (including phenoxy) is 1. The van der Waals surface area contributed by atoms with Crippen LogP contribution < -0.4 is 5.43 Å². The monoisotopic (exact) mass is 242 g/mol. The highest BCUT2D eigenvalue weighted by atomic mass is 16.5. The van der Waals surface area contributed by atoms with Crippen molar-refractivity contribution >= 4 is 17.4 Å². The Morgan fingerprint density at radius 3 is 2.44 bits per heavy atom. The van der Waals surface area contributed by atoms with Crippen molar-refractivity contribution in [3.63, 3.8) is 0 Å². The Morgan fingerprint density at radius 2 is 1.94 bits per heavy atom. The lowest BCUT2D eigenvalue weighted by Crippen LogP contribution is -2.04. The second-order valence-corrected chi connectivity index (χ2v) is 3.09. The van der Waals surface area contributed by atoms with E-state index in [9.17, 15) is 4.79 Å². The van der Waals surface area contributed by atoms with E-state index in [1.165, 1.54) is 0 Å². The Labute approximate surface area is 104 Å². The van der Waals surface area contributed by atoms with E-state index in [4.69, 9.17) is 15.3 Å². The zero-order valence-electron chi connectivity index (χ0n) is 9.67. The maximum atomic E-state index is 11.4. The maximum Gasteiger partial charge on any atom is 0.338 e. The molecule has 0 fully saturated rings. The van der Waals surface area contributed by atoms with Gasteiger partial charge in [0.2, 0.25) is 5.71 Å². The number of nitrogens with zero attached hydrogens (tertiary/aromatic N) is 3. The fourth-order valence-electron chi connectivity index (χ4n) is 1.09. The molecule has 0 aromatic heterocycles. The van der Waals surface area contributed by atoms with E-state index in [1.54, 1.807) is 43.3 Å². The summed E-state index contributed by atoms with van der Waals surface area (Å²) >= 11 is 0. The van der Waals surface area contributed by atoms with E-state index in [0.29, 0.717) is 17.9 Å². The van der Waals surface area contributed by atoms with Crippen LogP contribution in [0.4, 0.5) is 5.69 Å². The summed E-state index contributed by atoms with van der Waals surface area (Å²) in [6, 6.07) is 9.57. The zero-order chi connectivity index (χ0) is 13.4. The Hall–Kier alpha value is -2.86. The van der Waals surface area contributed by atoms with Crippen molar-refractivity contribution in [1.29, 1.82) is 10.5 Å². The van der Waals surface area contributed by atoms with Crippen LogP contribution in [-0.2, 0) is 4.74 Å². The molecule has 0 unspecified atom stereocenters. The largest absolute Gasteiger partial charge is 0.462 e. The van der Waals surface area contributed by atoms with E-state index in [1.807, 2.05) is 0 Å². The van der Waals surface area contributed by atoms with Crippen LogP contribution >= 0.6 is 0 Å². The molecule has 0 aliphatic carbocycles. The van der Waals surface area contributed by atoms with Gasteiger partial charge in [-0.1, -0.05) is 0 Å². The Bertz CT molecular complexity index is 519. The van der Waals surface area contributed by atoms with Crippen molar-refractivity contribution in [3.8, 4) is 12.1 Å². The van der Waals surface area contributed by atoms with Crippen LogP contribution in [0.5, 0.6) is 0 Å². The van der Waals surface area contributed by atoms with E-state index in [-0.39, 0.29) is 5.71 Å². The number of benzene rings is 1. The van der Waals surface area contributed by atoms with Gasteiger partial charge < -0.3 is 4.74 Å². The average Bonchev–Trinajstić information content (AvgIpc) is 2.41. The first-order valence-electron chi connectivity index (χ1n) is 5.12. The van der Waals surface area contributed by atoms with Crippen molar-refractivity contribution in [3.05, 3.63) is 29.8 Å². The highest BCUT2D eigenvalue weighted by Crippen LogP contribution is 2.10. The number of esters is 1. The van der Waals surface area contributed by atoms with Crippen LogP contribution in [0.15, 0.2) is 29.4 Å². The molecule has 0 heterocycles. The average molecular weight is 242 g/mol. The van der Waals surface area contributed by atoms with Gasteiger partial charge in [0.15, 0.2) is 0 Å². The molecule has 1 rings (SSSR count). The van der Waals surface area contributed by atoms with Gasteiger partial charge in [-0.2, -0.15) is 15.6 Å². The van der Waals surface area contributed by atoms with Crippen LogP contribution in [0.25, 0.3) is 0 Å². The van der Waals surface area contributed by atoms with Gasteiger partial charge in [0.25, 0.3) is 0 Å². The first-order valence-corrected chi connectivity index (χ1v) is 5.12. The number of nitrogens with one attached hydrogen (secondary N) is 1. The van der Waals surface area contributed by atoms with E-state index < -0.39 is 5.97 Å². The molecule has 6 heteroatoms. The number of hydrogen-bond acceptors (Lipinski definition) is 6. The molecular weight excluding hydrogens is 232 g/mol. The summed E-state index contributed by atoms with van der Waals surface area (Å²) in [5.74, 6) is -0.401. The molecule has 0 saturated heterocycles. The molecule has 0 aliphatic rings. The topological polar surface area (TPSA) is 98.3 Å². The number of carbonyl (C=O) groups is 1. The van der Waals surface area contributed by atoms with Crippen LogP contribution in [0.3, 0.4) is 0 Å². The van der Waals surface area contributed by atoms with Gasteiger partial charge in [0.05, 0.1) is 17.9 Å². The standard InChI is InChI=1S/C12H10N4O2/c1-2-18-12(17)9-3-5-10(6-4-9)15-16-11(7-13)8-14/h3-6,15H,2H2,1H3. The summed E-state index contributed by atoms with van der Waals surface area (Å²) in [4.78, 5) is 11.4. The van der Waals surface area contributed by atoms with Crippen molar-refractivity contribution in [2.45, 2.75) is 6.92 Å². The SMILES string of the molecule is CCOC(=O)c1ccc(NN=C(C#N)C#N)cc1. The number of rotatable bonds is 4. The fourth-order valence-corrected chi connectivity index (χ4v) is 1.09. The molecule has 18 heavy (non-hydrogen) atoms. The van der Waals surface area contributed by atoms with E-state index >= 15 is 0 Å². The van der Waals surface area contributed by atoms with Gasteiger partial charge in [0, 0.05) is 0 Å². The summed E-state index contributed by atoms with van der Waals surface area (Å²) in [6.07, 6.45) is 0. The summed E-state index contributed by atoms with van der Waals surface area (Å²) in [7, 11) is 0. The molecule has 0 radical (unpaired) electrons. The highest BCUT2D eigenvalue weighted by Gasteiger charge is 2.05. The molecule has 0 saturated carbocycles. The molecule has 0 aliphatic heterocycles. The van der Waals surface area contributed by atoms with Gasteiger partial charge in [0.1, 0.15) is 12.1 Å². The van der Waals surface area contributed by atoms with Gasteiger partial charge in [-0.05, 0) is 31.2 Å². The number of carbonyl (C=O) groups excluding carboxylic acids is 1. The first kappa shape index (κ1) is 13.2. The summed E-state index contributed by atoms with van der Waals surface area (Å²) in [6.45, 7) is 2.05. The summed E-state index contributed by atoms with van der Waals surface area (Å²) in [5, 5.41) is 20.5. The normalized spacial score (nSPS) is 8.61. The lowest BCUT2D eigenvalue weighted by Gasteiger charge is -2.03. The van der Waals surface area contributed by atoms with Gasteiger partial charge in [-0.3, -0.25) is 5.43 Å². The van der Waals surface area contributed by atoms with Gasteiger partial charge in [-0.25, -0.2) is 4.79 Å². The van der Waals surface area contributed by atoms with E-state index in [2.05, 4.69) is 10.5 Å². The summed E-state index contributed by atoms with van der Waals surface area (Å²) < 4.78 is 4.83. The third-order valence-corrected chi connectivity index (χ3v) is 1.90. The minimum atomic E-state index is -0.401. The van der Waals surface area contributed by atoms with Crippen molar-refractivity contribution in [2.75, 3.05) is 12.0 Å². The fraction of sp³-hybridized carbons (Fsp3) is 0.167. The van der Waals surface area contributed by atoms with Crippen LogP contribution in [0.1, 0.15) is 17.3 Å². The Balaban J connectivity index is 2.73. The molecule has 0 atom stereocenters. The lowest BCUT2D eigenvalue weighted by atomic mass is 10.2. The quantitative estimate of drug-likeness (QED) is 0.492. The lowest BCUT2D eigenvalue weighted by molar-refractivity contribution is 0.0526. The van der Waals surface area contributed by atoms with Crippen molar-refractivity contribution in [1.82, 2.24) is 0 Å². The van der Waals surface area contributed by atoms with Crippen molar-refractivity contribution < 1.29 is 9.53 Å². The molecule has 0 spiro atoms. The van der Waals surface area contributed by atoms with Crippen molar-refractivity contribution in [2.24, 2.45) is 5.10 Å². The molecular formula is C12H10N4O2. The molecule has 1 N–H and O–H groups in total. The zero-order valence-corrected chi connectivity index (χ0v) is 9.67. The molecule has 0 bridgehead atoms. The minimum absolute atomic E-state index is 0.274. The first-order chi connectivity index (χ1) is 8.71. The van der Waals surface area contributed by atoms with Crippen LogP contribution in [0, 0.1) is 22.7 Å². The molecule has 1 aromatic carbocycles. The second kappa shape index (κ2) is 6.66.